The molecule has 0 aliphatic rings. The number of rotatable bonds is 5. The Kier molecular flexibility index (Phi) is 5.64. The van der Waals surface area contributed by atoms with Gasteiger partial charge in [-0.1, -0.05) is 15.9 Å². The molecule has 0 unspecified atom stereocenters. The van der Waals surface area contributed by atoms with Crippen LogP contribution in [0.3, 0.4) is 0 Å². The third-order valence-corrected chi connectivity index (χ3v) is 4.89. The predicted molar refractivity (Wildman–Crippen MR) is 106 cm³/mol. The lowest BCUT2D eigenvalue weighted by molar-refractivity contribution is 0.0802. The van der Waals surface area contributed by atoms with Crippen molar-refractivity contribution in [3.05, 3.63) is 61.1 Å². The predicted octanol–water partition coefficient (Wildman–Crippen LogP) is 1.40. The first-order valence-electron chi connectivity index (χ1n) is 8.34. The van der Waals surface area contributed by atoms with Gasteiger partial charge in [-0.05, 0) is 25.1 Å². The van der Waals surface area contributed by atoms with Crippen molar-refractivity contribution in [3.8, 4) is 0 Å². The van der Waals surface area contributed by atoms with E-state index in [-0.39, 0.29) is 40.1 Å². The van der Waals surface area contributed by atoms with Gasteiger partial charge in [0, 0.05) is 17.1 Å². The number of pyridine rings is 1. The number of benzene rings is 1. The number of nitrogens with one attached hydrogen (secondary N) is 1. The highest BCUT2D eigenvalue weighted by Gasteiger charge is 2.19. The molecule has 10 heteroatoms. The van der Waals surface area contributed by atoms with Crippen molar-refractivity contribution in [1.82, 2.24) is 14.1 Å². The molecule has 148 valence electrons. The van der Waals surface area contributed by atoms with Crippen molar-refractivity contribution in [1.29, 1.82) is 0 Å². The highest BCUT2D eigenvalue weighted by Crippen LogP contribution is 2.27. The molecule has 0 spiro atoms. The van der Waals surface area contributed by atoms with Gasteiger partial charge in [-0.2, -0.15) is 0 Å². The quantitative estimate of drug-likeness (QED) is 0.539. The minimum Gasteiger partial charge on any atom is -0.394 e. The molecule has 8 nitrogen and oxygen atoms in total. The number of nitrogens with zero attached hydrogens (tertiary/aromatic N) is 3. The van der Waals surface area contributed by atoms with E-state index in [0.29, 0.717) is 4.47 Å². The summed E-state index contributed by atoms with van der Waals surface area (Å²) >= 11 is 3.18. The second-order valence-electron chi connectivity index (χ2n) is 6.35. The van der Waals surface area contributed by atoms with Gasteiger partial charge in [0.15, 0.2) is 5.65 Å². The van der Waals surface area contributed by atoms with Gasteiger partial charge in [0.1, 0.15) is 11.2 Å². The third-order valence-electron chi connectivity index (χ3n) is 4.39. The summed E-state index contributed by atoms with van der Waals surface area (Å²) in [6.45, 7) is 0.832. The van der Waals surface area contributed by atoms with Gasteiger partial charge in [-0.15, -0.1) is 0 Å². The number of halogens is 2. The number of hydrogen-bond donors (Lipinski definition) is 3. The summed E-state index contributed by atoms with van der Waals surface area (Å²) in [7, 11) is 1.49. The molecule has 3 N–H and O–H groups in total. The van der Waals surface area contributed by atoms with Gasteiger partial charge >= 0.3 is 0 Å². The Balaban J connectivity index is 2.29. The van der Waals surface area contributed by atoms with E-state index in [1.54, 1.807) is 6.07 Å². The van der Waals surface area contributed by atoms with Gasteiger partial charge in [0.05, 0.1) is 37.0 Å². The standard InChI is InChI=1S/C18H18BrFN4O4/c1-9-15(22-13-4-3-10(19)5-12(13)20)14-16(23(2)17(9)27)21-8-24(18(14)28)6-11(26)7-25/h3-5,8,11,22,25-26H,6-7H2,1-2H3/t11-/m1/s1. The molecule has 2 heterocycles. The molecule has 1 aromatic carbocycles. The number of aromatic nitrogens is 3. The highest BCUT2D eigenvalue weighted by atomic mass is 79.9. The Morgan fingerprint density at radius 2 is 2.04 bits per heavy atom. The molecule has 0 fully saturated rings. The molecule has 0 radical (unpaired) electrons. The maximum absolute atomic E-state index is 14.3. The van der Waals surface area contributed by atoms with Crippen molar-refractivity contribution in [3.63, 3.8) is 0 Å². The summed E-state index contributed by atoms with van der Waals surface area (Å²) in [4.78, 5) is 29.7. The normalized spacial score (nSPS) is 12.4. The SMILES string of the molecule is Cc1c(Nc2ccc(Br)cc2F)c2c(=O)n(C[C@@H](O)CO)cnc2n(C)c1=O. The maximum Gasteiger partial charge on any atom is 0.264 e. The summed E-state index contributed by atoms with van der Waals surface area (Å²) in [5, 5.41) is 21.6. The zero-order chi connectivity index (χ0) is 20.6. The van der Waals surface area contributed by atoms with Crippen LogP contribution in [-0.2, 0) is 13.6 Å². The van der Waals surface area contributed by atoms with Gasteiger partial charge in [-0.3, -0.25) is 18.7 Å². The summed E-state index contributed by atoms with van der Waals surface area (Å²) in [5.74, 6) is -0.567. The fraction of sp³-hybridized carbons (Fsp3) is 0.278. The summed E-state index contributed by atoms with van der Waals surface area (Å²) in [6, 6.07) is 4.36. The molecular weight excluding hydrogens is 435 g/mol. The van der Waals surface area contributed by atoms with E-state index in [9.17, 15) is 19.1 Å². The maximum atomic E-state index is 14.3. The first-order valence-corrected chi connectivity index (χ1v) is 9.13. The highest BCUT2D eigenvalue weighted by molar-refractivity contribution is 9.10. The van der Waals surface area contributed by atoms with Crippen LogP contribution in [0.4, 0.5) is 15.8 Å². The summed E-state index contributed by atoms with van der Waals surface area (Å²) in [6.07, 6.45) is 0.0494. The summed E-state index contributed by atoms with van der Waals surface area (Å²) < 4.78 is 17.2. The van der Waals surface area contributed by atoms with Gasteiger partial charge in [0.2, 0.25) is 0 Å². The van der Waals surface area contributed by atoms with E-state index in [1.807, 2.05) is 0 Å². The lowest BCUT2D eigenvalue weighted by atomic mass is 10.1. The van der Waals surface area contributed by atoms with Crippen LogP contribution in [0.5, 0.6) is 0 Å². The molecule has 2 aromatic heterocycles. The molecular formula is C18H18BrFN4O4. The number of aliphatic hydroxyl groups excluding tert-OH is 2. The molecule has 0 saturated carbocycles. The van der Waals surface area contributed by atoms with Crippen LogP contribution >= 0.6 is 15.9 Å². The Bertz CT molecular complexity index is 1170. The first kappa shape index (κ1) is 20.2. The van der Waals surface area contributed by atoms with Gasteiger partial charge in [0.25, 0.3) is 11.1 Å². The van der Waals surface area contributed by atoms with Gasteiger partial charge < -0.3 is 15.5 Å². The number of fused-ring (bicyclic) bond motifs is 1. The lowest BCUT2D eigenvalue weighted by Crippen LogP contribution is -2.32. The van der Waals surface area contributed by atoms with Crippen molar-refractivity contribution < 1.29 is 14.6 Å². The Morgan fingerprint density at radius 3 is 2.68 bits per heavy atom. The Labute approximate surface area is 167 Å². The van der Waals surface area contributed by atoms with Crippen LogP contribution in [0.1, 0.15) is 5.56 Å². The second-order valence-corrected chi connectivity index (χ2v) is 7.27. The third kappa shape index (κ3) is 3.58. The van der Waals surface area contributed by atoms with E-state index in [1.165, 1.54) is 37.0 Å². The lowest BCUT2D eigenvalue weighted by Gasteiger charge is -2.17. The van der Waals surface area contributed by atoms with Gasteiger partial charge in [-0.25, -0.2) is 9.37 Å². The van der Waals surface area contributed by atoms with Crippen LogP contribution in [0.2, 0.25) is 0 Å². The molecule has 3 aromatic rings. The molecule has 0 saturated heterocycles. The zero-order valence-corrected chi connectivity index (χ0v) is 16.7. The second kappa shape index (κ2) is 7.82. The smallest absolute Gasteiger partial charge is 0.264 e. The van der Waals surface area contributed by atoms with Crippen LogP contribution in [-0.4, -0.2) is 37.0 Å². The summed E-state index contributed by atoms with van der Waals surface area (Å²) in [5.41, 5.74) is -0.341. The van der Waals surface area contributed by atoms with Crippen LogP contribution in [0, 0.1) is 12.7 Å². The fourth-order valence-corrected chi connectivity index (χ4v) is 3.23. The van der Waals surface area contributed by atoms with Crippen molar-refractivity contribution in [2.24, 2.45) is 7.05 Å². The number of anilines is 2. The molecule has 0 aliphatic heterocycles. The van der Waals surface area contributed by atoms with Crippen molar-refractivity contribution >= 4 is 38.3 Å². The number of hydrogen-bond acceptors (Lipinski definition) is 6. The molecule has 28 heavy (non-hydrogen) atoms. The topological polar surface area (TPSA) is 109 Å². The first-order chi connectivity index (χ1) is 13.2. The average molecular weight is 453 g/mol. The molecule has 3 rings (SSSR count). The Hall–Kier alpha value is -2.56. The number of aliphatic hydroxyl groups is 2. The largest absolute Gasteiger partial charge is 0.394 e. The molecule has 0 bridgehead atoms. The molecule has 1 atom stereocenters. The Morgan fingerprint density at radius 1 is 1.32 bits per heavy atom. The van der Waals surface area contributed by atoms with E-state index in [0.717, 1.165) is 4.57 Å². The van der Waals surface area contributed by atoms with E-state index in [2.05, 4.69) is 26.2 Å². The fourth-order valence-electron chi connectivity index (χ4n) is 2.89. The van der Waals surface area contributed by atoms with Crippen LogP contribution in [0.25, 0.3) is 11.0 Å². The van der Waals surface area contributed by atoms with Crippen molar-refractivity contribution in [2.45, 2.75) is 19.6 Å². The number of aryl methyl sites for hydroxylation is 1. The van der Waals surface area contributed by atoms with Crippen LogP contribution < -0.4 is 16.4 Å². The van der Waals surface area contributed by atoms with E-state index < -0.39 is 24.1 Å². The average Bonchev–Trinajstić information content (AvgIpc) is 2.66. The molecule has 0 aliphatic carbocycles. The van der Waals surface area contributed by atoms with Crippen molar-refractivity contribution in [2.75, 3.05) is 11.9 Å². The van der Waals surface area contributed by atoms with E-state index >= 15 is 0 Å². The monoisotopic (exact) mass is 452 g/mol. The van der Waals surface area contributed by atoms with E-state index in [4.69, 9.17) is 5.11 Å². The minimum absolute atomic E-state index is 0.0783. The van der Waals surface area contributed by atoms with Crippen LogP contribution in [0.15, 0.2) is 38.6 Å². The zero-order valence-electron chi connectivity index (χ0n) is 15.1. The minimum atomic E-state index is -1.15. The molecule has 0 amide bonds.